The number of para-hydroxylation sites is 1. The summed E-state index contributed by atoms with van der Waals surface area (Å²) in [7, 11) is 0. The molecule has 0 unspecified atom stereocenters. The Labute approximate surface area is 169 Å². The number of hydrogen-bond acceptors (Lipinski definition) is 4. The predicted molar refractivity (Wildman–Crippen MR) is 106 cm³/mol. The Morgan fingerprint density at radius 3 is 2.66 bits per heavy atom. The van der Waals surface area contributed by atoms with E-state index in [1.807, 2.05) is 11.0 Å². The van der Waals surface area contributed by atoms with Crippen molar-refractivity contribution in [2.24, 2.45) is 5.92 Å². The number of phenols is 1. The van der Waals surface area contributed by atoms with Gasteiger partial charge >= 0.3 is 0 Å². The first-order valence-electron chi connectivity index (χ1n) is 10.5. The third-order valence-corrected chi connectivity index (χ3v) is 6.73. The fourth-order valence-electron chi connectivity index (χ4n) is 4.92. The van der Waals surface area contributed by atoms with E-state index in [9.17, 15) is 14.7 Å². The van der Waals surface area contributed by atoms with Crippen LogP contribution >= 0.6 is 0 Å². The topological polar surface area (TPSA) is 89.5 Å². The van der Waals surface area contributed by atoms with Crippen LogP contribution in [0.2, 0.25) is 0 Å². The summed E-state index contributed by atoms with van der Waals surface area (Å²) in [5.41, 5.74) is 2.36. The summed E-state index contributed by atoms with van der Waals surface area (Å²) in [5, 5.41) is 9.97. The molecule has 2 amide bonds. The number of piperidine rings is 1. The van der Waals surface area contributed by atoms with Crippen LogP contribution in [0.25, 0.3) is 0 Å². The highest BCUT2D eigenvalue weighted by molar-refractivity contribution is 5.83. The number of rotatable bonds is 3. The molecule has 1 spiro atoms. The molecule has 2 fully saturated rings. The maximum atomic E-state index is 13.0. The molecule has 2 aliphatic heterocycles. The summed E-state index contributed by atoms with van der Waals surface area (Å²) >= 11 is 0. The van der Waals surface area contributed by atoms with Gasteiger partial charge in [0.1, 0.15) is 5.75 Å². The lowest BCUT2D eigenvalue weighted by Crippen LogP contribution is -2.59. The van der Waals surface area contributed by atoms with E-state index in [0.717, 1.165) is 37.2 Å². The van der Waals surface area contributed by atoms with E-state index < -0.39 is 5.54 Å². The number of carbonyl (C=O) groups excluding carboxylic acids is 2. The second-order valence-electron chi connectivity index (χ2n) is 8.46. The number of fused-ring (bicyclic) bond motifs is 2. The molecule has 1 aliphatic carbocycles. The third kappa shape index (κ3) is 3.09. The molecule has 1 saturated carbocycles. The second kappa shape index (κ2) is 6.90. The lowest BCUT2D eigenvalue weighted by molar-refractivity contribution is -0.145. The number of amides is 2. The molecule has 29 heavy (non-hydrogen) atoms. The zero-order valence-electron chi connectivity index (χ0n) is 16.4. The van der Waals surface area contributed by atoms with Crippen molar-refractivity contribution < 1.29 is 14.7 Å². The lowest BCUT2D eigenvalue weighted by atomic mass is 9.78. The number of imidazole rings is 1. The molecule has 0 radical (unpaired) electrons. The minimum Gasteiger partial charge on any atom is -0.508 e. The SMILES string of the molecule is O=C(Cc1ccccc1O)N1CCC2(CC1)c1nc[nH]c1CCN2C(=O)C1CC1. The van der Waals surface area contributed by atoms with Gasteiger partial charge in [0.25, 0.3) is 0 Å². The average molecular weight is 394 g/mol. The second-order valence-corrected chi connectivity index (χ2v) is 8.46. The molecule has 1 aromatic heterocycles. The van der Waals surface area contributed by atoms with Gasteiger partial charge in [-0.15, -0.1) is 0 Å². The van der Waals surface area contributed by atoms with Crippen molar-refractivity contribution in [2.45, 2.75) is 44.1 Å². The molecule has 0 atom stereocenters. The van der Waals surface area contributed by atoms with E-state index in [2.05, 4.69) is 14.9 Å². The first-order valence-corrected chi connectivity index (χ1v) is 10.5. The first kappa shape index (κ1) is 18.2. The number of likely N-dealkylation sites (tertiary alicyclic amines) is 1. The number of nitrogens with zero attached hydrogens (tertiary/aromatic N) is 3. The molecule has 152 valence electrons. The maximum Gasteiger partial charge on any atom is 0.227 e. The highest BCUT2D eigenvalue weighted by Crippen LogP contribution is 2.45. The smallest absolute Gasteiger partial charge is 0.227 e. The summed E-state index contributed by atoms with van der Waals surface area (Å²) in [4.78, 5) is 37.7. The number of aromatic amines is 1. The van der Waals surface area contributed by atoms with E-state index in [4.69, 9.17) is 0 Å². The summed E-state index contributed by atoms with van der Waals surface area (Å²) in [6.07, 6.45) is 6.12. The van der Waals surface area contributed by atoms with Gasteiger partial charge in [-0.2, -0.15) is 0 Å². The van der Waals surface area contributed by atoms with E-state index in [1.165, 1.54) is 0 Å². The molecule has 2 aromatic rings. The summed E-state index contributed by atoms with van der Waals surface area (Å²) in [6, 6.07) is 6.97. The molecule has 7 heteroatoms. The van der Waals surface area contributed by atoms with Crippen LogP contribution in [0.3, 0.4) is 0 Å². The van der Waals surface area contributed by atoms with Gasteiger partial charge in [0, 0.05) is 43.2 Å². The van der Waals surface area contributed by atoms with E-state index in [-0.39, 0.29) is 29.9 Å². The quantitative estimate of drug-likeness (QED) is 0.833. The van der Waals surface area contributed by atoms with E-state index >= 15 is 0 Å². The predicted octanol–water partition coefficient (Wildman–Crippen LogP) is 1.97. The van der Waals surface area contributed by atoms with Crippen molar-refractivity contribution in [1.29, 1.82) is 0 Å². The normalized spacial score (nSPS) is 20.6. The zero-order valence-corrected chi connectivity index (χ0v) is 16.4. The Morgan fingerprint density at radius 2 is 1.93 bits per heavy atom. The Kier molecular flexibility index (Phi) is 4.33. The van der Waals surface area contributed by atoms with Crippen LogP contribution in [-0.2, 0) is 28.0 Å². The minimum absolute atomic E-state index is 0.0134. The molecule has 7 nitrogen and oxygen atoms in total. The van der Waals surface area contributed by atoms with Gasteiger partial charge in [0.05, 0.1) is 24.0 Å². The summed E-state index contributed by atoms with van der Waals surface area (Å²) in [6.45, 7) is 1.90. The summed E-state index contributed by atoms with van der Waals surface area (Å²) < 4.78 is 0. The number of aromatic nitrogens is 2. The molecule has 3 heterocycles. The van der Waals surface area contributed by atoms with Gasteiger partial charge in [-0.25, -0.2) is 4.98 Å². The number of benzene rings is 1. The molecule has 2 N–H and O–H groups in total. The third-order valence-electron chi connectivity index (χ3n) is 6.73. The highest BCUT2D eigenvalue weighted by Gasteiger charge is 2.51. The van der Waals surface area contributed by atoms with Crippen LogP contribution in [0.4, 0.5) is 0 Å². The number of H-pyrrole nitrogens is 1. The summed E-state index contributed by atoms with van der Waals surface area (Å²) in [5.74, 6) is 0.601. The van der Waals surface area contributed by atoms with Crippen LogP contribution in [0.15, 0.2) is 30.6 Å². The number of hydrogen-bond donors (Lipinski definition) is 2. The Balaban J connectivity index is 1.35. The van der Waals surface area contributed by atoms with Gasteiger partial charge in [0.2, 0.25) is 11.8 Å². The Bertz CT molecular complexity index is 941. The number of aromatic hydroxyl groups is 1. The van der Waals surface area contributed by atoms with Gasteiger partial charge in [-0.05, 0) is 31.7 Å². The fourth-order valence-corrected chi connectivity index (χ4v) is 4.92. The van der Waals surface area contributed by atoms with Crippen LogP contribution in [0, 0.1) is 5.92 Å². The van der Waals surface area contributed by atoms with Gasteiger partial charge in [-0.1, -0.05) is 18.2 Å². The molecule has 0 bridgehead atoms. The van der Waals surface area contributed by atoms with E-state index in [0.29, 0.717) is 31.5 Å². The fraction of sp³-hybridized carbons (Fsp3) is 0.500. The standard InChI is InChI=1S/C22H26N4O3/c27-18-4-2-1-3-16(18)13-19(28)25-11-8-22(9-12-25)20-17(23-14-24-20)7-10-26(22)21(29)15-5-6-15/h1-4,14-15,27H,5-13H2,(H,23,24). The molecular weight excluding hydrogens is 368 g/mol. The zero-order chi connectivity index (χ0) is 20.0. The molecule has 1 aromatic carbocycles. The molecule has 3 aliphatic rings. The number of carbonyl (C=O) groups is 2. The largest absolute Gasteiger partial charge is 0.508 e. The van der Waals surface area contributed by atoms with Crippen LogP contribution in [-0.4, -0.2) is 56.3 Å². The van der Waals surface area contributed by atoms with Crippen molar-refractivity contribution in [3.05, 3.63) is 47.5 Å². The van der Waals surface area contributed by atoms with Crippen molar-refractivity contribution in [2.75, 3.05) is 19.6 Å². The van der Waals surface area contributed by atoms with Crippen LogP contribution < -0.4 is 0 Å². The van der Waals surface area contributed by atoms with Crippen LogP contribution in [0.5, 0.6) is 5.75 Å². The van der Waals surface area contributed by atoms with Crippen molar-refractivity contribution in [1.82, 2.24) is 19.8 Å². The van der Waals surface area contributed by atoms with Crippen molar-refractivity contribution in [3.63, 3.8) is 0 Å². The van der Waals surface area contributed by atoms with Gasteiger partial charge < -0.3 is 19.9 Å². The highest BCUT2D eigenvalue weighted by atomic mass is 16.3. The Morgan fingerprint density at radius 1 is 1.17 bits per heavy atom. The maximum absolute atomic E-state index is 13.0. The molecular formula is C22H26N4O3. The Hall–Kier alpha value is -2.83. The molecule has 5 rings (SSSR count). The monoisotopic (exact) mass is 394 g/mol. The van der Waals surface area contributed by atoms with Crippen LogP contribution in [0.1, 0.15) is 42.6 Å². The average Bonchev–Trinajstić information content (AvgIpc) is 3.47. The number of phenolic OH excluding ortho intramolecular Hbond substituents is 1. The number of nitrogens with one attached hydrogen (secondary N) is 1. The molecule has 1 saturated heterocycles. The van der Waals surface area contributed by atoms with Gasteiger partial charge in [0.15, 0.2) is 0 Å². The van der Waals surface area contributed by atoms with Crippen molar-refractivity contribution in [3.8, 4) is 5.75 Å². The van der Waals surface area contributed by atoms with E-state index in [1.54, 1.807) is 24.5 Å². The minimum atomic E-state index is -0.404. The first-order chi connectivity index (χ1) is 14.1. The van der Waals surface area contributed by atoms with Crippen molar-refractivity contribution >= 4 is 11.8 Å². The van der Waals surface area contributed by atoms with Gasteiger partial charge in [-0.3, -0.25) is 9.59 Å². The lowest BCUT2D eigenvalue weighted by Gasteiger charge is -2.50.